The van der Waals surface area contributed by atoms with Gasteiger partial charge in [-0.2, -0.15) is 0 Å². The van der Waals surface area contributed by atoms with Gasteiger partial charge in [-0.05, 0) is 141 Å². The molecule has 0 fully saturated rings. The Kier molecular flexibility index (Phi) is 7.41. The number of para-hydroxylation sites is 2. The van der Waals surface area contributed by atoms with Gasteiger partial charge in [-0.3, -0.25) is 0 Å². The lowest BCUT2D eigenvalue weighted by Gasteiger charge is -2.24. The third kappa shape index (κ3) is 5.30. The van der Waals surface area contributed by atoms with Gasteiger partial charge >= 0.3 is 0 Å². The minimum Gasteiger partial charge on any atom is -0.456 e. The van der Waals surface area contributed by atoms with Crippen LogP contribution in [0.1, 0.15) is 35.4 Å². The number of hydrogen-bond donors (Lipinski definition) is 0. The van der Waals surface area contributed by atoms with Crippen molar-refractivity contribution in [1.29, 1.82) is 0 Å². The lowest BCUT2D eigenvalue weighted by atomic mass is 9.79. The number of nitrogens with zero attached hydrogens (tertiary/aromatic N) is 1. The molecule has 0 N–H and O–H groups in total. The topological polar surface area (TPSA) is 31.2 Å². The van der Waals surface area contributed by atoms with E-state index in [0.717, 1.165) is 50.6 Å². The first-order valence-electron chi connectivity index (χ1n) is 21.3. The first-order valence-corrected chi connectivity index (χ1v) is 21.3. The smallest absolute Gasteiger partial charge is 0.135 e. The highest BCUT2D eigenvalue weighted by Gasteiger charge is 2.31. The molecule has 9 aromatic carbocycles. The predicted molar refractivity (Wildman–Crippen MR) is 253 cm³/mol. The van der Waals surface area contributed by atoms with Crippen LogP contribution in [-0.2, 0) is 6.42 Å². The highest BCUT2D eigenvalue weighted by atomic mass is 16.3. The molecule has 2 atom stereocenters. The molecule has 0 aliphatic heterocycles. The molecule has 0 saturated carbocycles. The Labute approximate surface area is 352 Å². The summed E-state index contributed by atoms with van der Waals surface area (Å²) in [5, 5.41) is 7.08. The van der Waals surface area contributed by atoms with Crippen LogP contribution in [0.3, 0.4) is 0 Å². The predicted octanol–water partition coefficient (Wildman–Crippen LogP) is 16.0. The lowest BCUT2D eigenvalue weighted by molar-refractivity contribution is 0.580. The minimum absolute atomic E-state index is 0.203. The van der Waals surface area contributed by atoms with Crippen LogP contribution in [0, 0.1) is 0 Å². The van der Waals surface area contributed by atoms with E-state index < -0.39 is 0 Å². The van der Waals surface area contributed by atoms with E-state index in [1.807, 2.05) is 6.07 Å². The molecule has 3 heterocycles. The molecular weight excluding hydrogens is 743 g/mol. The van der Waals surface area contributed by atoms with Crippen LogP contribution >= 0.6 is 0 Å². The first kappa shape index (κ1) is 34.3. The van der Waals surface area contributed by atoms with Crippen LogP contribution in [0.15, 0.2) is 203 Å². The van der Waals surface area contributed by atoms with Crippen molar-refractivity contribution in [2.75, 3.05) is 0 Å². The maximum absolute atomic E-state index is 6.33. The fraction of sp³-hybridized carbons (Fsp3) is 0.0690. The number of benzene rings is 9. The van der Waals surface area contributed by atoms with Crippen molar-refractivity contribution in [2.24, 2.45) is 0 Å². The molecule has 1 aliphatic carbocycles. The summed E-state index contributed by atoms with van der Waals surface area (Å²) in [4.78, 5) is 0. The summed E-state index contributed by atoms with van der Waals surface area (Å²) < 4.78 is 15.1. The summed E-state index contributed by atoms with van der Waals surface area (Å²) in [6.45, 7) is 2.45. The van der Waals surface area contributed by atoms with Gasteiger partial charge in [0.25, 0.3) is 0 Å². The van der Waals surface area contributed by atoms with Crippen LogP contribution < -0.4 is 0 Å². The van der Waals surface area contributed by atoms with E-state index in [9.17, 15) is 0 Å². The third-order valence-corrected chi connectivity index (χ3v) is 13.5. The first-order chi connectivity index (χ1) is 30.1. The second kappa shape index (κ2) is 13.2. The summed E-state index contributed by atoms with van der Waals surface area (Å²) in [6.07, 6.45) is 0.925. The van der Waals surface area contributed by atoms with Crippen LogP contribution in [0.5, 0.6) is 0 Å². The van der Waals surface area contributed by atoms with Crippen molar-refractivity contribution in [3.05, 3.63) is 211 Å². The summed E-state index contributed by atoms with van der Waals surface area (Å²) in [6, 6.07) is 71.1. The Morgan fingerprint density at radius 3 is 1.72 bits per heavy atom. The monoisotopic (exact) mass is 781 g/mol. The van der Waals surface area contributed by atoms with Crippen LogP contribution in [0.4, 0.5) is 0 Å². The van der Waals surface area contributed by atoms with E-state index >= 15 is 0 Å². The van der Waals surface area contributed by atoms with Gasteiger partial charge in [0.2, 0.25) is 0 Å². The van der Waals surface area contributed by atoms with E-state index in [1.165, 1.54) is 77.3 Å². The SMILES string of the molecule is CC1c2cc3c(cc2-c2cc(-c4ccccc4)ccc2CC1c1ccc2oc4ccccc4c2c1)c1cc(-c2ccccc2)ccc1n3-c1ccc2oc3ccccc3c2c1. The van der Waals surface area contributed by atoms with Gasteiger partial charge in [-0.1, -0.05) is 128 Å². The number of hydrogen-bond acceptors (Lipinski definition) is 2. The Balaban J connectivity index is 1.10. The van der Waals surface area contributed by atoms with Gasteiger partial charge in [-0.25, -0.2) is 0 Å². The molecule has 0 amide bonds. The minimum atomic E-state index is 0.203. The molecule has 3 nitrogen and oxygen atoms in total. The van der Waals surface area contributed by atoms with E-state index in [-0.39, 0.29) is 11.8 Å². The van der Waals surface area contributed by atoms with E-state index in [1.54, 1.807) is 0 Å². The molecule has 3 aromatic heterocycles. The van der Waals surface area contributed by atoms with Gasteiger partial charge in [0, 0.05) is 38.0 Å². The van der Waals surface area contributed by atoms with Crippen LogP contribution in [-0.4, -0.2) is 4.57 Å². The summed E-state index contributed by atoms with van der Waals surface area (Å²) in [5.74, 6) is 0.434. The van der Waals surface area contributed by atoms with Gasteiger partial charge < -0.3 is 13.4 Å². The van der Waals surface area contributed by atoms with Gasteiger partial charge in [0.1, 0.15) is 22.3 Å². The maximum Gasteiger partial charge on any atom is 0.135 e. The van der Waals surface area contributed by atoms with Crippen molar-refractivity contribution in [2.45, 2.75) is 25.2 Å². The van der Waals surface area contributed by atoms with Gasteiger partial charge in [-0.15, -0.1) is 0 Å². The van der Waals surface area contributed by atoms with Crippen molar-refractivity contribution < 1.29 is 8.83 Å². The quantitative estimate of drug-likeness (QED) is 0.178. The van der Waals surface area contributed by atoms with E-state index in [4.69, 9.17) is 8.83 Å². The number of rotatable bonds is 4. The molecule has 0 bridgehead atoms. The van der Waals surface area contributed by atoms with E-state index in [2.05, 4.69) is 200 Å². The molecule has 0 saturated heterocycles. The Morgan fingerprint density at radius 1 is 0.410 bits per heavy atom. The van der Waals surface area contributed by atoms with Crippen molar-refractivity contribution >= 4 is 65.7 Å². The third-order valence-electron chi connectivity index (χ3n) is 13.5. The van der Waals surface area contributed by atoms with Crippen molar-refractivity contribution in [3.8, 4) is 39.1 Å². The summed E-state index contributed by atoms with van der Waals surface area (Å²) in [7, 11) is 0. The molecule has 3 heteroatoms. The molecule has 2 unspecified atom stereocenters. The van der Waals surface area contributed by atoms with Gasteiger partial charge in [0.05, 0.1) is 11.0 Å². The van der Waals surface area contributed by atoms with Crippen LogP contribution in [0.2, 0.25) is 0 Å². The largest absolute Gasteiger partial charge is 0.456 e. The van der Waals surface area contributed by atoms with Crippen molar-refractivity contribution in [1.82, 2.24) is 4.57 Å². The number of fused-ring (bicyclic) bond motifs is 12. The summed E-state index contributed by atoms with van der Waals surface area (Å²) >= 11 is 0. The second-order valence-corrected chi connectivity index (χ2v) is 16.9. The molecular formula is C58H39NO2. The van der Waals surface area contributed by atoms with Crippen LogP contribution in [0.25, 0.3) is 105 Å². The Bertz CT molecular complexity index is 3700. The zero-order chi connectivity index (χ0) is 40.2. The Hall–Kier alpha value is -7.62. The van der Waals surface area contributed by atoms with Crippen molar-refractivity contribution in [3.63, 3.8) is 0 Å². The normalized spacial score (nSPS) is 15.2. The molecule has 288 valence electrons. The molecule has 1 aliphatic rings. The van der Waals surface area contributed by atoms with Gasteiger partial charge in [0.15, 0.2) is 0 Å². The molecule has 61 heavy (non-hydrogen) atoms. The molecule has 12 aromatic rings. The fourth-order valence-corrected chi connectivity index (χ4v) is 10.5. The molecule has 13 rings (SSSR count). The standard InChI is InChI=1S/C58H39NO2/c1-35-45(40-23-26-57-51(31-40)43-16-8-10-18-55(43)60-57)30-41-21-20-38(36-12-4-2-5-13-36)28-47(41)48-33-50-49-29-39(37-14-6-3-7-15-37)22-25-53(49)59(54(50)34-46(35)48)42-24-27-58-52(32-42)44-17-9-11-19-56(44)61-58/h2-29,31-35,45H,30H2,1H3. The average molecular weight is 782 g/mol. The lowest BCUT2D eigenvalue weighted by Crippen LogP contribution is -2.10. The fourth-order valence-electron chi connectivity index (χ4n) is 10.5. The molecule has 0 spiro atoms. The second-order valence-electron chi connectivity index (χ2n) is 16.9. The number of furan rings is 2. The number of aromatic nitrogens is 1. The Morgan fingerprint density at radius 2 is 1.00 bits per heavy atom. The van der Waals surface area contributed by atoms with E-state index in [0.29, 0.717) is 0 Å². The highest BCUT2D eigenvalue weighted by Crippen LogP contribution is 2.50. The maximum atomic E-state index is 6.33. The highest BCUT2D eigenvalue weighted by molar-refractivity contribution is 6.13. The summed E-state index contributed by atoms with van der Waals surface area (Å²) in [5.41, 5.74) is 18.8. The molecule has 0 radical (unpaired) electrons. The average Bonchev–Trinajstić information content (AvgIpc) is 3.96. The zero-order valence-electron chi connectivity index (χ0n) is 33.6. The zero-order valence-corrected chi connectivity index (χ0v) is 33.6.